The summed E-state index contributed by atoms with van der Waals surface area (Å²) in [6.45, 7) is -0.0886. The van der Waals surface area contributed by atoms with Gasteiger partial charge in [-0.2, -0.15) is 0 Å². The zero-order valence-corrected chi connectivity index (χ0v) is 15.1. The number of halogens is 1. The largest absolute Gasteiger partial charge is 0.508 e. The summed E-state index contributed by atoms with van der Waals surface area (Å²) < 4.78 is 24.0. The second kappa shape index (κ2) is 7.11. The lowest BCUT2D eigenvalue weighted by Crippen LogP contribution is -2.34. The van der Waals surface area contributed by atoms with Gasteiger partial charge in [-0.15, -0.1) is 0 Å². The minimum absolute atomic E-state index is 0.0222. The van der Waals surface area contributed by atoms with E-state index in [2.05, 4.69) is 0 Å². The van der Waals surface area contributed by atoms with Crippen LogP contribution < -0.4 is 5.63 Å². The summed E-state index contributed by atoms with van der Waals surface area (Å²) in [4.78, 5) is 24.9. The van der Waals surface area contributed by atoms with Crippen molar-refractivity contribution < 1.29 is 23.4 Å². The van der Waals surface area contributed by atoms with Crippen molar-refractivity contribution in [1.29, 1.82) is 0 Å². The Kier molecular flexibility index (Phi) is 4.63. The molecule has 0 aliphatic heterocycles. The Morgan fingerprint density at radius 2 is 1.82 bits per heavy atom. The van der Waals surface area contributed by atoms with Crippen LogP contribution in [0.1, 0.15) is 36.8 Å². The standard InChI is InChI=1S/C22H19FO5/c23-16-5-3-15(4-6-16)22(9-1-2-10-22)21(26)27-13-14-11-20(25)28-19-12-17(24)7-8-18(14)19/h3-8,11-12,24H,1-2,9-10,13H2. The van der Waals surface area contributed by atoms with Gasteiger partial charge in [0.05, 0.1) is 5.41 Å². The summed E-state index contributed by atoms with van der Waals surface area (Å²) >= 11 is 0. The molecule has 4 rings (SSSR count). The highest BCUT2D eigenvalue weighted by Crippen LogP contribution is 2.42. The zero-order chi connectivity index (χ0) is 19.7. The van der Waals surface area contributed by atoms with Crippen LogP contribution in [0.5, 0.6) is 5.75 Å². The molecule has 1 aliphatic carbocycles. The molecule has 0 bridgehead atoms. The Balaban J connectivity index is 1.62. The Morgan fingerprint density at radius 3 is 2.54 bits per heavy atom. The van der Waals surface area contributed by atoms with Crippen molar-refractivity contribution in [3.63, 3.8) is 0 Å². The fraction of sp³-hybridized carbons (Fsp3) is 0.273. The van der Waals surface area contributed by atoms with Crippen molar-refractivity contribution in [2.75, 3.05) is 0 Å². The van der Waals surface area contributed by atoms with E-state index in [1.165, 1.54) is 30.3 Å². The predicted octanol–water partition coefficient (Wildman–Crippen LogP) is 4.19. The van der Waals surface area contributed by atoms with Gasteiger partial charge >= 0.3 is 11.6 Å². The van der Waals surface area contributed by atoms with Gasteiger partial charge in [0.25, 0.3) is 0 Å². The van der Waals surface area contributed by atoms with Gasteiger partial charge in [0.2, 0.25) is 0 Å². The first-order chi connectivity index (χ1) is 13.5. The molecule has 1 saturated carbocycles. The monoisotopic (exact) mass is 382 g/mol. The highest BCUT2D eigenvalue weighted by Gasteiger charge is 2.44. The van der Waals surface area contributed by atoms with E-state index in [1.807, 2.05) is 0 Å². The van der Waals surface area contributed by atoms with Gasteiger partial charge in [-0.05, 0) is 42.7 Å². The second-order valence-electron chi connectivity index (χ2n) is 7.14. The van der Waals surface area contributed by atoms with Gasteiger partial charge in [-0.3, -0.25) is 4.79 Å². The number of esters is 1. The molecule has 1 heterocycles. The molecule has 1 fully saturated rings. The van der Waals surface area contributed by atoms with Gasteiger partial charge in [-0.1, -0.05) is 25.0 Å². The second-order valence-corrected chi connectivity index (χ2v) is 7.14. The quantitative estimate of drug-likeness (QED) is 0.541. The lowest BCUT2D eigenvalue weighted by molar-refractivity contribution is -0.152. The van der Waals surface area contributed by atoms with E-state index in [1.54, 1.807) is 18.2 Å². The lowest BCUT2D eigenvalue weighted by atomic mass is 9.79. The van der Waals surface area contributed by atoms with E-state index < -0.39 is 11.0 Å². The van der Waals surface area contributed by atoms with Crippen molar-refractivity contribution in [1.82, 2.24) is 0 Å². The normalized spacial score (nSPS) is 15.6. The van der Waals surface area contributed by atoms with Gasteiger partial charge in [0.1, 0.15) is 23.8 Å². The molecule has 0 saturated heterocycles. The number of phenols is 1. The minimum atomic E-state index is -0.790. The van der Waals surface area contributed by atoms with E-state index in [0.29, 0.717) is 23.8 Å². The number of benzene rings is 2. The first kappa shape index (κ1) is 18.2. The number of phenolic OH excluding ortho intramolecular Hbond substituents is 1. The molecule has 6 heteroatoms. The molecule has 28 heavy (non-hydrogen) atoms. The summed E-state index contributed by atoms with van der Waals surface area (Å²) in [6, 6.07) is 11.7. The summed E-state index contributed by atoms with van der Waals surface area (Å²) in [5, 5.41) is 10.2. The fourth-order valence-corrected chi connectivity index (χ4v) is 3.98. The number of ether oxygens (including phenoxy) is 1. The Hall–Kier alpha value is -3.15. The fourth-order valence-electron chi connectivity index (χ4n) is 3.98. The predicted molar refractivity (Wildman–Crippen MR) is 100 cm³/mol. The van der Waals surface area contributed by atoms with Gasteiger partial charge in [0, 0.05) is 23.1 Å². The molecule has 1 aliphatic rings. The number of carbonyl (C=O) groups excluding carboxylic acids is 1. The SMILES string of the molecule is O=C(OCc1cc(=O)oc2cc(O)ccc12)C1(c2ccc(F)cc2)CCCC1. The molecular formula is C22H19FO5. The van der Waals surface area contributed by atoms with E-state index in [0.717, 1.165) is 18.4 Å². The topological polar surface area (TPSA) is 76.7 Å². The van der Waals surface area contributed by atoms with Crippen LogP contribution in [0.25, 0.3) is 11.0 Å². The van der Waals surface area contributed by atoms with Crippen molar-refractivity contribution in [3.05, 3.63) is 75.9 Å². The third-order valence-electron chi connectivity index (χ3n) is 5.42. The van der Waals surface area contributed by atoms with Gasteiger partial charge in [-0.25, -0.2) is 9.18 Å². The molecular weight excluding hydrogens is 363 g/mol. The number of carbonyl (C=O) groups is 1. The maximum absolute atomic E-state index is 13.3. The molecule has 1 N–H and O–H groups in total. The van der Waals surface area contributed by atoms with Crippen LogP contribution in [-0.2, 0) is 21.6 Å². The van der Waals surface area contributed by atoms with E-state index >= 15 is 0 Å². The summed E-state index contributed by atoms with van der Waals surface area (Å²) in [5.74, 6) is -0.751. The third kappa shape index (κ3) is 3.26. The molecule has 0 unspecified atom stereocenters. The van der Waals surface area contributed by atoms with E-state index in [9.17, 15) is 19.1 Å². The van der Waals surface area contributed by atoms with Crippen LogP contribution in [0.2, 0.25) is 0 Å². The van der Waals surface area contributed by atoms with Crippen LogP contribution in [0.3, 0.4) is 0 Å². The zero-order valence-electron chi connectivity index (χ0n) is 15.1. The number of hydrogen-bond acceptors (Lipinski definition) is 5. The van der Waals surface area contributed by atoms with Crippen LogP contribution in [0, 0.1) is 5.82 Å². The molecule has 2 aromatic carbocycles. The number of hydrogen-bond donors (Lipinski definition) is 1. The Bertz CT molecular complexity index is 1080. The van der Waals surface area contributed by atoms with Crippen LogP contribution in [-0.4, -0.2) is 11.1 Å². The molecule has 1 aromatic heterocycles. The smallest absolute Gasteiger partial charge is 0.336 e. The average Bonchev–Trinajstić information content (AvgIpc) is 3.17. The van der Waals surface area contributed by atoms with E-state index in [4.69, 9.17) is 9.15 Å². The Labute approximate surface area is 160 Å². The minimum Gasteiger partial charge on any atom is -0.508 e. The van der Waals surface area contributed by atoms with Gasteiger partial charge < -0.3 is 14.3 Å². The van der Waals surface area contributed by atoms with Crippen molar-refractivity contribution in [2.24, 2.45) is 0 Å². The van der Waals surface area contributed by atoms with Crippen molar-refractivity contribution >= 4 is 16.9 Å². The molecule has 0 amide bonds. The highest BCUT2D eigenvalue weighted by atomic mass is 19.1. The van der Waals surface area contributed by atoms with Crippen LogP contribution >= 0.6 is 0 Å². The number of rotatable bonds is 4. The van der Waals surface area contributed by atoms with Crippen molar-refractivity contribution in [2.45, 2.75) is 37.7 Å². The number of fused-ring (bicyclic) bond motifs is 1. The maximum Gasteiger partial charge on any atom is 0.336 e. The molecule has 3 aromatic rings. The maximum atomic E-state index is 13.3. The molecule has 5 nitrogen and oxygen atoms in total. The van der Waals surface area contributed by atoms with Crippen LogP contribution in [0.4, 0.5) is 4.39 Å². The highest BCUT2D eigenvalue weighted by molar-refractivity contribution is 5.85. The molecule has 0 radical (unpaired) electrons. The van der Waals surface area contributed by atoms with Crippen molar-refractivity contribution in [3.8, 4) is 5.75 Å². The van der Waals surface area contributed by atoms with E-state index in [-0.39, 0.29) is 29.7 Å². The molecule has 0 atom stereocenters. The molecule has 144 valence electrons. The summed E-state index contributed by atoms with van der Waals surface area (Å²) in [6.07, 6.45) is 3.07. The number of aromatic hydroxyl groups is 1. The first-order valence-corrected chi connectivity index (χ1v) is 9.17. The summed E-state index contributed by atoms with van der Waals surface area (Å²) in [7, 11) is 0. The third-order valence-corrected chi connectivity index (χ3v) is 5.42. The Morgan fingerprint density at radius 1 is 1.11 bits per heavy atom. The van der Waals surface area contributed by atoms with Crippen LogP contribution in [0.15, 0.2) is 57.7 Å². The molecule has 0 spiro atoms. The first-order valence-electron chi connectivity index (χ1n) is 9.17. The summed E-state index contributed by atoms with van der Waals surface area (Å²) in [5.41, 5.74) is 0.109. The van der Waals surface area contributed by atoms with Gasteiger partial charge in [0.15, 0.2) is 0 Å². The lowest BCUT2D eigenvalue weighted by Gasteiger charge is -2.27. The average molecular weight is 382 g/mol.